The van der Waals surface area contributed by atoms with Crippen molar-refractivity contribution in [2.75, 3.05) is 13.6 Å². The molecule has 1 aromatic carbocycles. The molecule has 1 aromatic rings. The van der Waals surface area contributed by atoms with Gasteiger partial charge in [-0.2, -0.15) is 0 Å². The number of carbonyl (C=O) groups is 1. The Morgan fingerprint density at radius 2 is 1.95 bits per heavy atom. The van der Waals surface area contributed by atoms with E-state index in [4.69, 9.17) is 23.2 Å². The Morgan fingerprint density at radius 1 is 1.26 bits per heavy atom. The Bertz CT molecular complexity index is 455. The molecule has 104 valence electrons. The molecule has 0 atom stereocenters. The number of hydrogen-bond donors (Lipinski definition) is 0. The molecule has 2 nitrogen and oxygen atoms in total. The highest BCUT2D eigenvalue weighted by molar-refractivity contribution is 6.36. The van der Waals surface area contributed by atoms with Crippen LogP contribution in [0.4, 0.5) is 0 Å². The lowest BCUT2D eigenvalue weighted by Crippen LogP contribution is -2.37. The number of ketones is 1. The van der Waals surface area contributed by atoms with Crippen molar-refractivity contribution < 1.29 is 4.79 Å². The molecule has 0 aliphatic heterocycles. The summed E-state index contributed by atoms with van der Waals surface area (Å²) in [4.78, 5) is 14.4. The van der Waals surface area contributed by atoms with Crippen LogP contribution in [0.5, 0.6) is 0 Å². The number of carbonyl (C=O) groups excluding carboxylic acids is 1. The van der Waals surface area contributed by atoms with Gasteiger partial charge in [-0.25, -0.2) is 0 Å². The molecule has 0 unspecified atom stereocenters. The summed E-state index contributed by atoms with van der Waals surface area (Å²) in [6.45, 7) is 0.407. The van der Waals surface area contributed by atoms with Crippen molar-refractivity contribution in [1.82, 2.24) is 4.90 Å². The van der Waals surface area contributed by atoms with Gasteiger partial charge in [-0.3, -0.25) is 9.69 Å². The molecule has 1 aliphatic carbocycles. The first-order valence-electron chi connectivity index (χ1n) is 6.76. The molecule has 1 fully saturated rings. The van der Waals surface area contributed by atoms with Crippen LogP contribution >= 0.6 is 23.2 Å². The molecule has 0 amide bonds. The predicted octanol–water partition coefficient (Wildman–Crippen LogP) is 4.44. The molecule has 1 aliphatic rings. The zero-order chi connectivity index (χ0) is 13.8. The third kappa shape index (κ3) is 3.95. The van der Waals surface area contributed by atoms with Crippen LogP contribution in [0.3, 0.4) is 0 Å². The van der Waals surface area contributed by atoms with Crippen molar-refractivity contribution in [2.24, 2.45) is 0 Å². The maximum absolute atomic E-state index is 12.3. The highest BCUT2D eigenvalue weighted by Gasteiger charge is 2.21. The smallest absolute Gasteiger partial charge is 0.178 e. The van der Waals surface area contributed by atoms with E-state index in [9.17, 15) is 4.79 Å². The molecule has 0 heterocycles. The first-order valence-corrected chi connectivity index (χ1v) is 7.52. The van der Waals surface area contributed by atoms with Gasteiger partial charge >= 0.3 is 0 Å². The van der Waals surface area contributed by atoms with Crippen LogP contribution in [-0.2, 0) is 0 Å². The quantitative estimate of drug-likeness (QED) is 0.766. The lowest BCUT2D eigenvalue weighted by atomic mass is 9.94. The second-order valence-electron chi connectivity index (χ2n) is 5.25. The van der Waals surface area contributed by atoms with Gasteiger partial charge < -0.3 is 0 Å². The third-order valence-electron chi connectivity index (χ3n) is 3.82. The van der Waals surface area contributed by atoms with Crippen LogP contribution in [0.1, 0.15) is 42.5 Å². The molecule has 4 heteroatoms. The van der Waals surface area contributed by atoms with Crippen LogP contribution in [0.15, 0.2) is 18.2 Å². The topological polar surface area (TPSA) is 20.3 Å². The minimum Gasteiger partial charge on any atom is -0.296 e. The molecule has 0 spiro atoms. The fraction of sp³-hybridized carbons (Fsp3) is 0.533. The maximum Gasteiger partial charge on any atom is 0.178 e. The van der Waals surface area contributed by atoms with Gasteiger partial charge in [0.25, 0.3) is 0 Å². The number of rotatable bonds is 4. The minimum atomic E-state index is 0.0422. The van der Waals surface area contributed by atoms with Crippen LogP contribution in [0, 0.1) is 0 Å². The molecule has 0 bridgehead atoms. The van der Waals surface area contributed by atoms with Crippen LogP contribution in [0.25, 0.3) is 0 Å². The average Bonchev–Trinajstić information content (AvgIpc) is 2.42. The van der Waals surface area contributed by atoms with E-state index in [1.807, 2.05) is 7.05 Å². The molecule has 0 radical (unpaired) electrons. The number of likely N-dealkylation sites (N-methyl/N-ethyl adjacent to an activating group) is 1. The lowest BCUT2D eigenvalue weighted by Gasteiger charge is -2.30. The number of hydrogen-bond acceptors (Lipinski definition) is 2. The molecule has 1 saturated carbocycles. The average molecular weight is 300 g/mol. The first-order chi connectivity index (χ1) is 9.08. The summed E-state index contributed by atoms with van der Waals surface area (Å²) in [5.74, 6) is 0.0422. The van der Waals surface area contributed by atoms with E-state index < -0.39 is 0 Å². The molecule has 19 heavy (non-hydrogen) atoms. The largest absolute Gasteiger partial charge is 0.296 e. The molecule has 2 rings (SSSR count). The van der Waals surface area contributed by atoms with Gasteiger partial charge in [-0.05, 0) is 38.1 Å². The summed E-state index contributed by atoms with van der Waals surface area (Å²) in [7, 11) is 2.02. The summed E-state index contributed by atoms with van der Waals surface area (Å²) in [5.41, 5.74) is 0.525. The molecule has 0 aromatic heterocycles. The molecule has 0 saturated heterocycles. The number of benzene rings is 1. The van der Waals surface area contributed by atoms with Gasteiger partial charge in [0, 0.05) is 16.6 Å². The molecular weight excluding hydrogens is 281 g/mol. The Labute approximate surface area is 124 Å². The Morgan fingerprint density at radius 3 is 2.63 bits per heavy atom. The second-order valence-corrected chi connectivity index (χ2v) is 6.10. The van der Waals surface area contributed by atoms with E-state index in [0.29, 0.717) is 28.2 Å². The van der Waals surface area contributed by atoms with Gasteiger partial charge in [-0.15, -0.1) is 0 Å². The van der Waals surface area contributed by atoms with Crippen molar-refractivity contribution in [3.8, 4) is 0 Å². The highest BCUT2D eigenvalue weighted by atomic mass is 35.5. The monoisotopic (exact) mass is 299 g/mol. The van der Waals surface area contributed by atoms with Crippen molar-refractivity contribution in [3.63, 3.8) is 0 Å². The fourth-order valence-corrected chi connectivity index (χ4v) is 3.07. The predicted molar refractivity (Wildman–Crippen MR) is 80.3 cm³/mol. The van der Waals surface area contributed by atoms with Crippen LogP contribution in [-0.4, -0.2) is 30.3 Å². The SMILES string of the molecule is CN(CC(=O)c1cc(Cl)ccc1Cl)C1CCCCC1. The number of nitrogens with zero attached hydrogens (tertiary/aromatic N) is 1. The first kappa shape index (κ1) is 14.8. The van der Waals surface area contributed by atoms with Crippen molar-refractivity contribution in [2.45, 2.75) is 38.1 Å². The van der Waals surface area contributed by atoms with E-state index in [-0.39, 0.29) is 5.78 Å². The maximum atomic E-state index is 12.3. The second kappa shape index (κ2) is 6.74. The third-order valence-corrected chi connectivity index (χ3v) is 4.38. The summed E-state index contributed by atoms with van der Waals surface area (Å²) in [5, 5.41) is 1.03. The number of halogens is 2. The standard InChI is InChI=1S/C15H19Cl2NO/c1-18(12-5-3-2-4-6-12)10-15(19)13-9-11(16)7-8-14(13)17/h7-9,12H,2-6,10H2,1H3. The molecule has 0 N–H and O–H groups in total. The van der Waals surface area contributed by atoms with Crippen molar-refractivity contribution in [3.05, 3.63) is 33.8 Å². The van der Waals surface area contributed by atoms with Gasteiger partial charge in [0.15, 0.2) is 5.78 Å². The summed E-state index contributed by atoms with van der Waals surface area (Å²) >= 11 is 12.0. The Hall–Kier alpha value is -0.570. The molecular formula is C15H19Cl2NO. The fourth-order valence-electron chi connectivity index (χ4n) is 2.67. The number of Topliss-reactive ketones (excluding diaryl/α,β-unsaturated/α-hetero) is 1. The van der Waals surface area contributed by atoms with Crippen LogP contribution < -0.4 is 0 Å². The summed E-state index contributed by atoms with van der Waals surface area (Å²) < 4.78 is 0. The van der Waals surface area contributed by atoms with E-state index in [0.717, 1.165) is 0 Å². The van der Waals surface area contributed by atoms with Crippen molar-refractivity contribution >= 4 is 29.0 Å². The zero-order valence-corrected chi connectivity index (χ0v) is 12.7. The Kier molecular flexibility index (Phi) is 5.26. The van der Waals surface area contributed by atoms with E-state index >= 15 is 0 Å². The normalized spacial score (nSPS) is 16.8. The summed E-state index contributed by atoms with van der Waals surface area (Å²) in [6.07, 6.45) is 6.22. The zero-order valence-electron chi connectivity index (χ0n) is 11.2. The summed E-state index contributed by atoms with van der Waals surface area (Å²) in [6, 6.07) is 5.56. The van der Waals surface area contributed by atoms with Gasteiger partial charge in [0.2, 0.25) is 0 Å². The van der Waals surface area contributed by atoms with Gasteiger partial charge in [0.1, 0.15) is 0 Å². The Balaban J connectivity index is 2.01. The van der Waals surface area contributed by atoms with Crippen molar-refractivity contribution in [1.29, 1.82) is 0 Å². The van der Waals surface area contributed by atoms with E-state index in [1.54, 1.807) is 18.2 Å². The van der Waals surface area contributed by atoms with Gasteiger partial charge in [0.05, 0.1) is 11.6 Å². The van der Waals surface area contributed by atoms with E-state index in [1.165, 1.54) is 32.1 Å². The highest BCUT2D eigenvalue weighted by Crippen LogP contribution is 2.24. The van der Waals surface area contributed by atoms with Crippen LogP contribution in [0.2, 0.25) is 10.0 Å². The van der Waals surface area contributed by atoms with Gasteiger partial charge in [-0.1, -0.05) is 42.5 Å². The van der Waals surface area contributed by atoms with E-state index in [2.05, 4.69) is 4.90 Å². The lowest BCUT2D eigenvalue weighted by molar-refractivity contribution is 0.0900. The minimum absolute atomic E-state index is 0.0422.